The molecule has 0 unspecified atom stereocenters. The van der Waals surface area contributed by atoms with Gasteiger partial charge < -0.3 is 9.84 Å². The van der Waals surface area contributed by atoms with Gasteiger partial charge in [-0.1, -0.05) is 30.3 Å². The molecule has 0 aliphatic rings. The van der Waals surface area contributed by atoms with Crippen molar-refractivity contribution >= 4 is 5.97 Å². The first kappa shape index (κ1) is 13.1. The zero-order valence-corrected chi connectivity index (χ0v) is 11.0. The van der Waals surface area contributed by atoms with Crippen LogP contribution in [0, 0.1) is 6.92 Å². The molecule has 0 radical (unpaired) electrons. The molecular weight excluding hydrogens is 240 g/mol. The zero-order chi connectivity index (χ0) is 13.8. The normalized spacial score (nSPS) is 10.2. The molecule has 3 nitrogen and oxygen atoms in total. The van der Waals surface area contributed by atoms with Gasteiger partial charge in [-0.25, -0.2) is 0 Å². The fourth-order valence-electron chi connectivity index (χ4n) is 2.01. The second-order valence-electron chi connectivity index (χ2n) is 4.45. The van der Waals surface area contributed by atoms with E-state index in [0.717, 1.165) is 22.3 Å². The Balaban J connectivity index is 2.25. The highest BCUT2D eigenvalue weighted by atomic mass is 16.5. The molecule has 0 aliphatic carbocycles. The van der Waals surface area contributed by atoms with Crippen LogP contribution in [0.15, 0.2) is 42.5 Å². The number of phenolic OH excluding ortho intramolecular Hbond substituents is 1. The molecule has 2 aromatic carbocycles. The predicted octanol–water partition coefficient (Wildman–Crippen LogP) is 3.08. The van der Waals surface area contributed by atoms with Gasteiger partial charge in [-0.3, -0.25) is 4.79 Å². The van der Waals surface area contributed by atoms with E-state index in [-0.39, 0.29) is 18.1 Å². The summed E-state index contributed by atoms with van der Waals surface area (Å²) in [6.07, 6.45) is 0.283. The molecule has 3 heteroatoms. The van der Waals surface area contributed by atoms with Gasteiger partial charge in [0.15, 0.2) is 0 Å². The van der Waals surface area contributed by atoms with Gasteiger partial charge in [0, 0.05) is 0 Å². The standard InChI is InChI=1S/C16H16O3/c1-11-9-14(17)7-8-15(11)13-5-3-12(4-6-13)10-16(18)19-2/h3-9,17H,10H2,1-2H3. The molecule has 19 heavy (non-hydrogen) atoms. The maximum absolute atomic E-state index is 11.2. The van der Waals surface area contributed by atoms with Crippen LogP contribution in [-0.2, 0) is 16.0 Å². The van der Waals surface area contributed by atoms with Crippen molar-refractivity contribution in [3.05, 3.63) is 53.6 Å². The Morgan fingerprint density at radius 1 is 1.16 bits per heavy atom. The molecule has 0 amide bonds. The van der Waals surface area contributed by atoms with E-state index >= 15 is 0 Å². The molecule has 2 aromatic rings. The summed E-state index contributed by atoms with van der Waals surface area (Å²) in [5, 5.41) is 9.40. The summed E-state index contributed by atoms with van der Waals surface area (Å²) < 4.78 is 4.63. The number of carbonyl (C=O) groups is 1. The van der Waals surface area contributed by atoms with E-state index in [2.05, 4.69) is 4.74 Å². The number of phenols is 1. The number of esters is 1. The lowest BCUT2D eigenvalue weighted by Gasteiger charge is -2.07. The van der Waals surface area contributed by atoms with Gasteiger partial charge in [0.05, 0.1) is 13.5 Å². The lowest BCUT2D eigenvalue weighted by atomic mass is 9.99. The summed E-state index contributed by atoms with van der Waals surface area (Å²) in [7, 11) is 1.39. The molecule has 0 bridgehead atoms. The third-order valence-corrected chi connectivity index (χ3v) is 3.05. The molecule has 1 N–H and O–H groups in total. The highest BCUT2D eigenvalue weighted by molar-refractivity contribution is 5.73. The van der Waals surface area contributed by atoms with Crippen LogP contribution in [0.1, 0.15) is 11.1 Å². The summed E-state index contributed by atoms with van der Waals surface area (Å²) in [4.78, 5) is 11.2. The van der Waals surface area contributed by atoms with Crippen molar-refractivity contribution in [1.29, 1.82) is 0 Å². The van der Waals surface area contributed by atoms with E-state index < -0.39 is 0 Å². The van der Waals surface area contributed by atoms with E-state index in [1.54, 1.807) is 12.1 Å². The Labute approximate surface area is 112 Å². The third kappa shape index (κ3) is 3.13. The van der Waals surface area contributed by atoms with Crippen LogP contribution in [0.2, 0.25) is 0 Å². The number of hydrogen-bond donors (Lipinski definition) is 1. The fraction of sp³-hybridized carbons (Fsp3) is 0.188. The molecule has 0 aliphatic heterocycles. The van der Waals surface area contributed by atoms with Crippen molar-refractivity contribution < 1.29 is 14.6 Å². The minimum atomic E-state index is -0.242. The molecular formula is C16H16O3. The fourth-order valence-corrected chi connectivity index (χ4v) is 2.01. The quantitative estimate of drug-likeness (QED) is 0.858. The number of ether oxygens (including phenoxy) is 1. The zero-order valence-electron chi connectivity index (χ0n) is 11.0. The second-order valence-corrected chi connectivity index (χ2v) is 4.45. The topological polar surface area (TPSA) is 46.5 Å². The van der Waals surface area contributed by atoms with Crippen LogP contribution in [0.25, 0.3) is 11.1 Å². The number of aryl methyl sites for hydroxylation is 1. The van der Waals surface area contributed by atoms with E-state index in [1.807, 2.05) is 37.3 Å². The molecule has 0 fully saturated rings. The van der Waals surface area contributed by atoms with Crippen LogP contribution in [0.5, 0.6) is 5.75 Å². The minimum Gasteiger partial charge on any atom is -0.508 e. The SMILES string of the molecule is COC(=O)Cc1ccc(-c2ccc(O)cc2C)cc1. The van der Waals surface area contributed by atoms with Gasteiger partial charge in [-0.05, 0) is 41.3 Å². The van der Waals surface area contributed by atoms with Crippen molar-refractivity contribution in [2.24, 2.45) is 0 Å². The molecule has 2 rings (SSSR count). The number of hydrogen-bond acceptors (Lipinski definition) is 3. The minimum absolute atomic E-state index is 0.242. The monoisotopic (exact) mass is 256 g/mol. The van der Waals surface area contributed by atoms with Crippen molar-refractivity contribution in [1.82, 2.24) is 0 Å². The van der Waals surface area contributed by atoms with Crippen molar-refractivity contribution in [2.75, 3.05) is 7.11 Å². The van der Waals surface area contributed by atoms with Gasteiger partial charge in [-0.15, -0.1) is 0 Å². The summed E-state index contributed by atoms with van der Waals surface area (Å²) in [5.74, 6) is 0.0251. The van der Waals surface area contributed by atoms with Crippen LogP contribution in [-0.4, -0.2) is 18.2 Å². The maximum Gasteiger partial charge on any atom is 0.309 e. The molecule has 0 spiro atoms. The average Bonchev–Trinajstić information content (AvgIpc) is 2.40. The molecule has 0 heterocycles. The summed E-state index contributed by atoms with van der Waals surface area (Å²) in [6.45, 7) is 1.96. The molecule has 0 atom stereocenters. The van der Waals surface area contributed by atoms with E-state index in [4.69, 9.17) is 0 Å². The van der Waals surface area contributed by atoms with E-state index in [1.165, 1.54) is 7.11 Å². The molecule has 98 valence electrons. The predicted molar refractivity (Wildman–Crippen MR) is 74.0 cm³/mol. The molecule has 0 saturated heterocycles. The van der Waals surface area contributed by atoms with Crippen LogP contribution >= 0.6 is 0 Å². The summed E-state index contributed by atoms with van der Waals surface area (Å²) in [6, 6.07) is 13.1. The van der Waals surface area contributed by atoms with Crippen LogP contribution in [0.4, 0.5) is 0 Å². The van der Waals surface area contributed by atoms with Gasteiger partial charge in [0.1, 0.15) is 5.75 Å². The first-order valence-electron chi connectivity index (χ1n) is 6.06. The third-order valence-electron chi connectivity index (χ3n) is 3.05. The smallest absolute Gasteiger partial charge is 0.309 e. The summed E-state index contributed by atoms with van der Waals surface area (Å²) in [5.41, 5.74) is 4.07. The Morgan fingerprint density at radius 2 is 1.84 bits per heavy atom. The van der Waals surface area contributed by atoms with E-state index in [0.29, 0.717) is 0 Å². The van der Waals surface area contributed by atoms with Crippen molar-refractivity contribution in [2.45, 2.75) is 13.3 Å². The first-order chi connectivity index (χ1) is 9.10. The van der Waals surface area contributed by atoms with Crippen LogP contribution < -0.4 is 0 Å². The average molecular weight is 256 g/mol. The lowest BCUT2D eigenvalue weighted by Crippen LogP contribution is -2.04. The lowest BCUT2D eigenvalue weighted by molar-refractivity contribution is -0.139. The van der Waals surface area contributed by atoms with Crippen molar-refractivity contribution in [3.8, 4) is 16.9 Å². The number of rotatable bonds is 3. The van der Waals surface area contributed by atoms with E-state index in [9.17, 15) is 9.90 Å². The van der Waals surface area contributed by atoms with Crippen LogP contribution in [0.3, 0.4) is 0 Å². The maximum atomic E-state index is 11.2. The summed E-state index contributed by atoms with van der Waals surface area (Å²) >= 11 is 0. The Kier molecular flexibility index (Phi) is 3.85. The van der Waals surface area contributed by atoms with Gasteiger partial charge in [0.25, 0.3) is 0 Å². The Bertz CT molecular complexity index is 585. The van der Waals surface area contributed by atoms with Gasteiger partial charge in [-0.2, -0.15) is 0 Å². The molecule has 0 saturated carbocycles. The number of methoxy groups -OCH3 is 1. The van der Waals surface area contributed by atoms with Gasteiger partial charge in [0.2, 0.25) is 0 Å². The number of aromatic hydroxyl groups is 1. The number of carbonyl (C=O) groups excluding carboxylic acids is 1. The van der Waals surface area contributed by atoms with Crippen molar-refractivity contribution in [3.63, 3.8) is 0 Å². The largest absolute Gasteiger partial charge is 0.508 e. The first-order valence-corrected chi connectivity index (χ1v) is 6.06. The highest BCUT2D eigenvalue weighted by Crippen LogP contribution is 2.26. The Morgan fingerprint density at radius 3 is 2.42 bits per heavy atom. The Hall–Kier alpha value is -2.29. The van der Waals surface area contributed by atoms with Gasteiger partial charge >= 0.3 is 5.97 Å². The molecule has 0 aromatic heterocycles. The number of benzene rings is 2. The second kappa shape index (κ2) is 5.57. The highest BCUT2D eigenvalue weighted by Gasteiger charge is 2.05.